The minimum atomic E-state index is -0.256. The van der Waals surface area contributed by atoms with Gasteiger partial charge in [0.15, 0.2) is 0 Å². The van der Waals surface area contributed by atoms with Crippen LogP contribution in [0.1, 0.15) is 28.8 Å². The molecule has 0 radical (unpaired) electrons. The van der Waals surface area contributed by atoms with Crippen molar-refractivity contribution >= 4 is 17.5 Å². The van der Waals surface area contributed by atoms with Crippen LogP contribution in [0.3, 0.4) is 0 Å². The predicted molar refractivity (Wildman–Crippen MR) is 69.6 cm³/mol. The summed E-state index contributed by atoms with van der Waals surface area (Å²) in [4.78, 5) is 25.7. The number of hydrogen-bond donors (Lipinski definition) is 1. The molecule has 5 nitrogen and oxygen atoms in total. The summed E-state index contributed by atoms with van der Waals surface area (Å²) in [5.41, 5.74) is 7.54. The zero-order chi connectivity index (χ0) is 13.4. The Kier molecular flexibility index (Phi) is 2.98. The Hall–Kier alpha value is -1.88. The van der Waals surface area contributed by atoms with Crippen LogP contribution in [0.15, 0.2) is 18.2 Å². The summed E-state index contributed by atoms with van der Waals surface area (Å²) in [6.45, 7) is 1.07. The van der Waals surface area contributed by atoms with Crippen molar-refractivity contribution in [1.29, 1.82) is 0 Å². The van der Waals surface area contributed by atoms with Gasteiger partial charge < -0.3 is 10.5 Å². The third-order valence-corrected chi connectivity index (χ3v) is 3.66. The van der Waals surface area contributed by atoms with Crippen molar-refractivity contribution in [3.05, 3.63) is 29.3 Å². The van der Waals surface area contributed by atoms with Gasteiger partial charge in [-0.25, -0.2) is 0 Å². The minimum Gasteiger partial charge on any atom is -0.399 e. The summed E-state index contributed by atoms with van der Waals surface area (Å²) < 4.78 is 5.49. The van der Waals surface area contributed by atoms with Gasteiger partial charge in [0.2, 0.25) is 5.91 Å². The second-order valence-electron chi connectivity index (χ2n) is 5.04. The van der Waals surface area contributed by atoms with Crippen LogP contribution in [0, 0.1) is 0 Å². The van der Waals surface area contributed by atoms with Crippen LogP contribution in [0.2, 0.25) is 0 Å². The van der Waals surface area contributed by atoms with Gasteiger partial charge in [-0.2, -0.15) is 0 Å². The van der Waals surface area contributed by atoms with E-state index in [1.54, 1.807) is 18.2 Å². The number of nitrogens with zero attached hydrogens (tertiary/aromatic N) is 1. The maximum atomic E-state index is 12.4. The highest BCUT2D eigenvalue weighted by molar-refractivity contribution is 6.10. The maximum absolute atomic E-state index is 12.4. The van der Waals surface area contributed by atoms with E-state index >= 15 is 0 Å². The zero-order valence-corrected chi connectivity index (χ0v) is 10.6. The fourth-order valence-corrected chi connectivity index (χ4v) is 2.64. The molecule has 0 saturated carbocycles. The van der Waals surface area contributed by atoms with Gasteiger partial charge >= 0.3 is 0 Å². The fourth-order valence-electron chi connectivity index (χ4n) is 2.64. The van der Waals surface area contributed by atoms with E-state index in [0.29, 0.717) is 24.4 Å². The summed E-state index contributed by atoms with van der Waals surface area (Å²) >= 11 is 0. The number of hydrogen-bond acceptors (Lipinski definition) is 4. The smallest absolute Gasteiger partial charge is 0.260 e. The quantitative estimate of drug-likeness (QED) is 0.635. The van der Waals surface area contributed by atoms with Crippen molar-refractivity contribution in [3.63, 3.8) is 0 Å². The first-order chi connectivity index (χ1) is 9.15. The first kappa shape index (κ1) is 12.2. The highest BCUT2D eigenvalue weighted by Gasteiger charge is 2.33. The van der Waals surface area contributed by atoms with Gasteiger partial charge in [0.25, 0.3) is 5.91 Å². The SMILES string of the molecule is Nc1ccc2c(c1)C(=O)N(C[C@@H]1CCCO1)C(=O)C2. The van der Waals surface area contributed by atoms with E-state index in [-0.39, 0.29) is 24.3 Å². The molecule has 2 amide bonds. The second kappa shape index (κ2) is 4.66. The highest BCUT2D eigenvalue weighted by atomic mass is 16.5. The fraction of sp³-hybridized carbons (Fsp3) is 0.429. The van der Waals surface area contributed by atoms with Crippen molar-refractivity contribution in [1.82, 2.24) is 4.90 Å². The molecule has 0 spiro atoms. The van der Waals surface area contributed by atoms with E-state index in [1.165, 1.54) is 4.90 Å². The van der Waals surface area contributed by atoms with Crippen LogP contribution >= 0.6 is 0 Å². The number of amides is 2. The number of fused-ring (bicyclic) bond motifs is 1. The Balaban J connectivity index is 1.86. The molecule has 0 aromatic heterocycles. The maximum Gasteiger partial charge on any atom is 0.260 e. The number of benzene rings is 1. The zero-order valence-electron chi connectivity index (χ0n) is 10.6. The van der Waals surface area contributed by atoms with E-state index in [9.17, 15) is 9.59 Å². The highest BCUT2D eigenvalue weighted by Crippen LogP contribution is 2.24. The van der Waals surface area contributed by atoms with Gasteiger partial charge in [0.1, 0.15) is 0 Å². The molecule has 3 rings (SSSR count). The molecule has 1 aromatic rings. The summed E-state index contributed by atoms with van der Waals surface area (Å²) in [6, 6.07) is 5.12. The largest absolute Gasteiger partial charge is 0.399 e. The van der Waals surface area contributed by atoms with Crippen molar-refractivity contribution in [2.75, 3.05) is 18.9 Å². The van der Waals surface area contributed by atoms with Crippen molar-refractivity contribution in [2.24, 2.45) is 0 Å². The molecule has 19 heavy (non-hydrogen) atoms. The van der Waals surface area contributed by atoms with Crippen molar-refractivity contribution in [2.45, 2.75) is 25.4 Å². The number of ether oxygens (including phenoxy) is 1. The number of nitrogen functional groups attached to an aromatic ring is 1. The van der Waals surface area contributed by atoms with E-state index in [0.717, 1.165) is 18.4 Å². The Morgan fingerprint density at radius 1 is 1.37 bits per heavy atom. The molecule has 2 heterocycles. The summed E-state index contributed by atoms with van der Waals surface area (Å²) in [7, 11) is 0. The summed E-state index contributed by atoms with van der Waals surface area (Å²) in [5.74, 6) is -0.410. The average molecular weight is 260 g/mol. The number of nitrogens with two attached hydrogens (primary N) is 1. The Bertz CT molecular complexity index is 535. The van der Waals surface area contributed by atoms with E-state index in [1.807, 2.05) is 0 Å². The van der Waals surface area contributed by atoms with Gasteiger partial charge in [-0.1, -0.05) is 6.07 Å². The van der Waals surface area contributed by atoms with Gasteiger partial charge in [0.05, 0.1) is 19.1 Å². The molecule has 1 aromatic carbocycles. The molecule has 5 heteroatoms. The normalized spacial score (nSPS) is 22.7. The van der Waals surface area contributed by atoms with Crippen LogP contribution in [0.4, 0.5) is 5.69 Å². The van der Waals surface area contributed by atoms with Gasteiger partial charge in [0, 0.05) is 17.9 Å². The lowest BCUT2D eigenvalue weighted by molar-refractivity contribution is -0.129. The molecular weight excluding hydrogens is 244 g/mol. The molecule has 0 unspecified atom stereocenters. The molecule has 2 aliphatic heterocycles. The Morgan fingerprint density at radius 3 is 2.95 bits per heavy atom. The predicted octanol–water partition coefficient (Wildman–Crippen LogP) is 0.973. The lowest BCUT2D eigenvalue weighted by Crippen LogP contribution is -2.46. The van der Waals surface area contributed by atoms with Gasteiger partial charge in [-0.3, -0.25) is 14.5 Å². The van der Waals surface area contributed by atoms with Gasteiger partial charge in [-0.15, -0.1) is 0 Å². The molecule has 1 saturated heterocycles. The first-order valence-corrected chi connectivity index (χ1v) is 6.50. The first-order valence-electron chi connectivity index (χ1n) is 6.50. The molecule has 0 bridgehead atoms. The molecule has 100 valence electrons. The standard InChI is InChI=1S/C14H16N2O3/c15-10-4-3-9-6-13(17)16(14(18)12(9)7-10)8-11-2-1-5-19-11/h3-4,7,11H,1-2,5-6,8,15H2/t11-/m0/s1. The number of imide groups is 1. The number of carbonyl (C=O) groups is 2. The number of anilines is 1. The van der Waals surface area contributed by atoms with Crippen molar-refractivity contribution in [3.8, 4) is 0 Å². The Labute approximate surface area is 111 Å². The molecule has 1 fully saturated rings. The summed E-state index contributed by atoms with van der Waals surface area (Å²) in [5, 5.41) is 0. The van der Waals surface area contributed by atoms with E-state index < -0.39 is 0 Å². The summed E-state index contributed by atoms with van der Waals surface area (Å²) in [6.07, 6.45) is 2.13. The number of rotatable bonds is 2. The second-order valence-corrected chi connectivity index (χ2v) is 5.04. The Morgan fingerprint density at radius 2 is 2.21 bits per heavy atom. The van der Waals surface area contributed by atoms with Crippen LogP contribution < -0.4 is 5.73 Å². The number of carbonyl (C=O) groups excluding carboxylic acids is 2. The molecular formula is C14H16N2O3. The molecule has 1 atom stereocenters. The van der Waals surface area contributed by atoms with Crippen molar-refractivity contribution < 1.29 is 14.3 Å². The van der Waals surface area contributed by atoms with E-state index in [4.69, 9.17) is 10.5 Å². The minimum absolute atomic E-state index is 0.0180. The lowest BCUT2D eigenvalue weighted by Gasteiger charge is -2.28. The van der Waals surface area contributed by atoms with Crippen LogP contribution in [0.25, 0.3) is 0 Å². The molecule has 2 N–H and O–H groups in total. The van der Waals surface area contributed by atoms with Crippen LogP contribution in [-0.4, -0.2) is 36.0 Å². The molecule has 2 aliphatic rings. The third-order valence-electron chi connectivity index (χ3n) is 3.66. The lowest BCUT2D eigenvalue weighted by atomic mass is 9.97. The van der Waals surface area contributed by atoms with E-state index in [2.05, 4.69) is 0 Å². The van der Waals surface area contributed by atoms with Crippen LogP contribution in [0.5, 0.6) is 0 Å². The topological polar surface area (TPSA) is 72.6 Å². The molecule has 0 aliphatic carbocycles. The van der Waals surface area contributed by atoms with Crippen LogP contribution in [-0.2, 0) is 16.0 Å². The third kappa shape index (κ3) is 2.21. The monoisotopic (exact) mass is 260 g/mol. The van der Waals surface area contributed by atoms with Gasteiger partial charge in [-0.05, 0) is 30.5 Å². The average Bonchev–Trinajstić information content (AvgIpc) is 2.89.